The van der Waals surface area contributed by atoms with E-state index in [0.717, 1.165) is 12.8 Å². The summed E-state index contributed by atoms with van der Waals surface area (Å²) in [4.78, 5) is 0. The zero-order valence-corrected chi connectivity index (χ0v) is 16.0. The van der Waals surface area contributed by atoms with Crippen LogP contribution in [0.3, 0.4) is 0 Å². The summed E-state index contributed by atoms with van der Waals surface area (Å²) >= 11 is 2.03. The fraction of sp³-hybridized carbons (Fsp3) is 0.667. The second kappa shape index (κ2) is 7.85. The zero-order chi connectivity index (χ0) is 15.3. The first kappa shape index (κ1) is 18.1. The van der Waals surface area contributed by atoms with Crippen LogP contribution in [0, 0.1) is 0 Å². The quantitative estimate of drug-likeness (QED) is 0.499. The van der Waals surface area contributed by atoms with Crippen LogP contribution >= 0.6 is 19.7 Å². The Labute approximate surface area is 131 Å². The third-order valence-corrected chi connectivity index (χ3v) is 7.42. The van der Waals surface area contributed by atoms with E-state index in [1.54, 1.807) is 16.5 Å². The van der Waals surface area contributed by atoms with Crippen LogP contribution in [0.4, 0.5) is 0 Å². The molecule has 0 aromatic heterocycles. The topological polar surface area (TPSA) is 0 Å². The summed E-state index contributed by atoms with van der Waals surface area (Å²) in [6, 6.07) is 0. The van der Waals surface area contributed by atoms with Crippen LogP contribution in [-0.2, 0) is 0 Å². The fourth-order valence-electron chi connectivity index (χ4n) is 2.69. The second-order valence-electron chi connectivity index (χ2n) is 6.18. The highest BCUT2D eigenvalue weighted by Crippen LogP contribution is 2.48. The van der Waals surface area contributed by atoms with E-state index < -0.39 is 0 Å². The van der Waals surface area contributed by atoms with Crippen LogP contribution < -0.4 is 0 Å². The number of hydrogen-bond acceptors (Lipinski definition) is 1. The molecule has 0 bridgehead atoms. The van der Waals surface area contributed by atoms with Gasteiger partial charge in [0.05, 0.1) is 0 Å². The summed E-state index contributed by atoms with van der Waals surface area (Å²) in [6.45, 7) is 14.1. The van der Waals surface area contributed by atoms with Crippen molar-refractivity contribution >= 4 is 19.7 Å². The lowest BCUT2D eigenvalue weighted by molar-refractivity contribution is 0.614. The second-order valence-corrected chi connectivity index (χ2v) is 9.90. The minimum atomic E-state index is -0.00442. The van der Waals surface area contributed by atoms with Crippen molar-refractivity contribution in [3.8, 4) is 0 Å². The lowest BCUT2D eigenvalue weighted by Gasteiger charge is -2.30. The van der Waals surface area contributed by atoms with Crippen LogP contribution in [0.15, 0.2) is 34.2 Å². The first-order valence-electron chi connectivity index (χ1n) is 7.69. The highest BCUT2D eigenvalue weighted by atomic mass is 32.2. The van der Waals surface area contributed by atoms with Crippen LogP contribution in [-0.4, -0.2) is 24.3 Å². The van der Waals surface area contributed by atoms with Gasteiger partial charge < -0.3 is 0 Å². The molecule has 0 amide bonds. The standard InChI is InChI=1S/C18H31PS/c1-8-15-12-14(3)10-11-17(19(5)6)16(15)13-18(4,9-2)20-7/h10,12H,8-9,11,13H2,1-7H3. The summed E-state index contributed by atoms with van der Waals surface area (Å²) in [5.41, 5.74) is 4.69. The summed E-state index contributed by atoms with van der Waals surface area (Å²) in [5, 5.41) is 1.72. The molecule has 20 heavy (non-hydrogen) atoms. The maximum absolute atomic E-state index is 2.43. The van der Waals surface area contributed by atoms with E-state index >= 15 is 0 Å². The van der Waals surface area contributed by atoms with E-state index in [4.69, 9.17) is 0 Å². The lowest BCUT2D eigenvalue weighted by Crippen LogP contribution is -2.20. The van der Waals surface area contributed by atoms with Crippen molar-refractivity contribution in [3.63, 3.8) is 0 Å². The molecule has 0 aromatic carbocycles. The van der Waals surface area contributed by atoms with E-state index in [1.165, 1.54) is 18.4 Å². The largest absolute Gasteiger partial charge is 0.159 e. The summed E-state index contributed by atoms with van der Waals surface area (Å²) in [5.74, 6) is 0. The third-order valence-electron chi connectivity index (χ3n) is 4.47. The molecule has 2 heteroatoms. The zero-order valence-electron chi connectivity index (χ0n) is 14.3. The van der Waals surface area contributed by atoms with Gasteiger partial charge in [0.1, 0.15) is 0 Å². The van der Waals surface area contributed by atoms with E-state index in [-0.39, 0.29) is 7.92 Å². The van der Waals surface area contributed by atoms with Gasteiger partial charge in [-0.3, -0.25) is 0 Å². The van der Waals surface area contributed by atoms with E-state index in [2.05, 4.69) is 59.4 Å². The predicted octanol–water partition coefficient (Wildman–Crippen LogP) is 6.59. The number of allylic oxidation sites excluding steroid dienone is 6. The molecule has 1 rings (SSSR count). The van der Waals surface area contributed by atoms with Crippen LogP contribution in [0.25, 0.3) is 0 Å². The fourth-order valence-corrected chi connectivity index (χ4v) is 4.48. The molecule has 0 saturated carbocycles. The third kappa shape index (κ3) is 4.50. The van der Waals surface area contributed by atoms with Crippen LogP contribution in [0.5, 0.6) is 0 Å². The number of hydrogen-bond donors (Lipinski definition) is 0. The van der Waals surface area contributed by atoms with Crippen molar-refractivity contribution in [1.82, 2.24) is 0 Å². The predicted molar refractivity (Wildman–Crippen MR) is 99.4 cm³/mol. The van der Waals surface area contributed by atoms with Gasteiger partial charge in [0.25, 0.3) is 0 Å². The molecular weight excluding hydrogens is 279 g/mol. The molecule has 0 heterocycles. The molecule has 0 saturated heterocycles. The minimum absolute atomic E-state index is 0.00442. The molecule has 0 spiro atoms. The van der Waals surface area contributed by atoms with Crippen molar-refractivity contribution in [2.24, 2.45) is 0 Å². The Bertz CT molecular complexity index is 423. The van der Waals surface area contributed by atoms with Crippen molar-refractivity contribution in [2.75, 3.05) is 19.6 Å². The Hall–Kier alpha value is -0.0000000000000000555. The molecule has 0 aromatic rings. The molecule has 0 nitrogen and oxygen atoms in total. The van der Waals surface area contributed by atoms with Crippen LogP contribution in [0.1, 0.15) is 53.4 Å². The number of thioether (sulfide) groups is 1. The summed E-state index contributed by atoms with van der Waals surface area (Å²) in [7, 11) is -0.00442. The molecule has 0 aliphatic heterocycles. The highest BCUT2D eigenvalue weighted by Gasteiger charge is 2.26. The van der Waals surface area contributed by atoms with Gasteiger partial charge in [-0.15, -0.1) is 0 Å². The maximum atomic E-state index is 2.43. The first-order chi connectivity index (χ1) is 9.36. The monoisotopic (exact) mass is 310 g/mol. The summed E-state index contributed by atoms with van der Waals surface area (Å²) < 4.78 is 0.373. The van der Waals surface area contributed by atoms with Gasteiger partial charge in [0, 0.05) is 4.75 Å². The molecule has 0 fully saturated rings. The molecule has 114 valence electrons. The van der Waals surface area contributed by atoms with E-state index in [0.29, 0.717) is 4.75 Å². The molecule has 1 aliphatic rings. The molecular formula is C18H31PS. The van der Waals surface area contributed by atoms with Crippen LogP contribution in [0.2, 0.25) is 0 Å². The van der Waals surface area contributed by atoms with Gasteiger partial charge in [-0.05, 0) is 68.7 Å². The normalized spacial score (nSPS) is 19.6. The van der Waals surface area contributed by atoms with Gasteiger partial charge in [0.2, 0.25) is 0 Å². The Morgan fingerprint density at radius 1 is 1.30 bits per heavy atom. The van der Waals surface area contributed by atoms with Crippen molar-refractivity contribution in [3.05, 3.63) is 34.2 Å². The maximum Gasteiger partial charge on any atom is 0.0167 e. The molecule has 0 N–H and O–H groups in total. The van der Waals surface area contributed by atoms with Gasteiger partial charge in [-0.2, -0.15) is 11.8 Å². The average Bonchev–Trinajstić information content (AvgIpc) is 2.58. The van der Waals surface area contributed by atoms with Gasteiger partial charge in [-0.1, -0.05) is 46.4 Å². The SMILES string of the molecule is CCC1=CC(C)=CCC(P(C)C)=C1CC(C)(CC)SC. The van der Waals surface area contributed by atoms with Crippen molar-refractivity contribution in [1.29, 1.82) is 0 Å². The smallest absolute Gasteiger partial charge is 0.0167 e. The highest BCUT2D eigenvalue weighted by molar-refractivity contribution is 7.99. The van der Waals surface area contributed by atoms with Gasteiger partial charge in [0.15, 0.2) is 0 Å². The van der Waals surface area contributed by atoms with E-state index in [9.17, 15) is 0 Å². The summed E-state index contributed by atoms with van der Waals surface area (Å²) in [6.07, 6.45) is 11.9. The first-order valence-corrected chi connectivity index (χ1v) is 11.1. The lowest BCUT2D eigenvalue weighted by atomic mass is 9.91. The molecule has 0 radical (unpaired) electrons. The Balaban J connectivity index is 3.27. The molecule has 1 aliphatic carbocycles. The van der Waals surface area contributed by atoms with Crippen molar-refractivity contribution < 1.29 is 0 Å². The Morgan fingerprint density at radius 3 is 2.40 bits per heavy atom. The minimum Gasteiger partial charge on any atom is -0.159 e. The Kier molecular flexibility index (Phi) is 7.09. The average molecular weight is 310 g/mol. The molecule has 1 atom stereocenters. The van der Waals surface area contributed by atoms with E-state index in [1.807, 2.05) is 11.8 Å². The van der Waals surface area contributed by atoms with Gasteiger partial charge in [-0.25, -0.2) is 0 Å². The molecule has 1 unspecified atom stereocenters. The van der Waals surface area contributed by atoms with Gasteiger partial charge >= 0.3 is 0 Å². The number of rotatable bonds is 6. The Morgan fingerprint density at radius 2 is 1.95 bits per heavy atom. The van der Waals surface area contributed by atoms with Crippen molar-refractivity contribution in [2.45, 2.75) is 58.1 Å².